The van der Waals surface area contributed by atoms with Crippen molar-refractivity contribution in [2.45, 2.75) is 108 Å². The van der Waals surface area contributed by atoms with E-state index in [1.807, 2.05) is 27.1 Å². The quantitative estimate of drug-likeness (QED) is 0.288. The number of aromatic nitrogens is 4. The van der Waals surface area contributed by atoms with E-state index in [9.17, 15) is 4.79 Å². The van der Waals surface area contributed by atoms with E-state index in [0.29, 0.717) is 12.0 Å². The zero-order valence-corrected chi connectivity index (χ0v) is 25.8. The number of amides is 1. The number of rotatable bonds is 8. The molecule has 10 heteroatoms. The number of hydrogen-bond donors (Lipinski definition) is 3. The number of hydrogen-bond acceptors (Lipinski definition) is 8. The number of benzene rings is 1. The first kappa shape index (κ1) is 29.4. The van der Waals surface area contributed by atoms with E-state index in [0.717, 1.165) is 88.0 Å². The van der Waals surface area contributed by atoms with Crippen LogP contribution in [0.5, 0.6) is 0 Å². The van der Waals surface area contributed by atoms with E-state index in [4.69, 9.17) is 19.7 Å². The number of carbonyl (C=O) groups is 1. The fourth-order valence-corrected chi connectivity index (χ4v) is 6.57. The van der Waals surface area contributed by atoms with Gasteiger partial charge in [0, 0.05) is 24.7 Å². The third kappa shape index (κ3) is 7.29. The molecule has 1 saturated carbocycles. The van der Waals surface area contributed by atoms with Gasteiger partial charge in [0.05, 0.1) is 12.4 Å². The SMILES string of the molecule is CC(C)(C)OC(=O)NC1CCC(Nc2nc(N(Cc3ccccc3)C3CCNCC3)c3ncn(C4C=CCC4)c3n2)CC1. The van der Waals surface area contributed by atoms with Crippen LogP contribution in [0.4, 0.5) is 16.6 Å². The highest BCUT2D eigenvalue weighted by molar-refractivity contribution is 5.85. The normalized spacial score (nSPS) is 22.9. The lowest BCUT2D eigenvalue weighted by Gasteiger charge is -2.36. The minimum Gasteiger partial charge on any atom is -0.444 e. The Labute approximate surface area is 254 Å². The van der Waals surface area contributed by atoms with Gasteiger partial charge in [-0.2, -0.15) is 9.97 Å². The molecule has 10 nitrogen and oxygen atoms in total. The van der Waals surface area contributed by atoms with Crippen molar-refractivity contribution in [3.63, 3.8) is 0 Å². The van der Waals surface area contributed by atoms with E-state index < -0.39 is 5.60 Å². The highest BCUT2D eigenvalue weighted by atomic mass is 16.6. The third-order valence-electron chi connectivity index (χ3n) is 8.75. The van der Waals surface area contributed by atoms with Crippen LogP contribution >= 0.6 is 0 Å². The van der Waals surface area contributed by atoms with Gasteiger partial charge in [-0.3, -0.25) is 0 Å². The average molecular weight is 587 g/mol. The second kappa shape index (κ2) is 12.9. The number of piperidine rings is 1. The topological polar surface area (TPSA) is 109 Å². The fraction of sp³-hybridized carbons (Fsp3) is 0.576. The molecule has 1 saturated heterocycles. The highest BCUT2D eigenvalue weighted by Gasteiger charge is 2.29. The number of imidazole rings is 1. The molecular formula is C33H46N8O2. The molecule has 3 N–H and O–H groups in total. The Morgan fingerprint density at radius 1 is 1.02 bits per heavy atom. The Morgan fingerprint density at radius 2 is 1.77 bits per heavy atom. The summed E-state index contributed by atoms with van der Waals surface area (Å²) >= 11 is 0. The van der Waals surface area contributed by atoms with Crippen molar-refractivity contribution >= 4 is 29.0 Å². The summed E-state index contributed by atoms with van der Waals surface area (Å²) < 4.78 is 7.69. The molecule has 6 rings (SSSR count). The molecule has 1 amide bonds. The lowest BCUT2D eigenvalue weighted by atomic mass is 9.91. The second-order valence-electron chi connectivity index (χ2n) is 13.2. The summed E-state index contributed by atoms with van der Waals surface area (Å²) in [6, 6.07) is 11.6. The molecule has 1 aliphatic heterocycles. The van der Waals surface area contributed by atoms with Crippen molar-refractivity contribution in [2.24, 2.45) is 0 Å². The van der Waals surface area contributed by atoms with Crippen molar-refractivity contribution in [3.8, 4) is 0 Å². The van der Waals surface area contributed by atoms with Gasteiger partial charge in [-0.1, -0.05) is 42.5 Å². The van der Waals surface area contributed by atoms with Crippen LogP contribution in [0, 0.1) is 0 Å². The zero-order chi connectivity index (χ0) is 29.8. The summed E-state index contributed by atoms with van der Waals surface area (Å²) in [6.45, 7) is 8.43. The predicted molar refractivity (Wildman–Crippen MR) is 170 cm³/mol. The van der Waals surface area contributed by atoms with Crippen LogP contribution < -0.4 is 20.9 Å². The van der Waals surface area contributed by atoms with Gasteiger partial charge in [0.15, 0.2) is 17.0 Å². The molecule has 2 aromatic heterocycles. The van der Waals surface area contributed by atoms with Crippen LogP contribution in [-0.4, -0.2) is 62.4 Å². The average Bonchev–Trinajstić information content (AvgIpc) is 3.67. The van der Waals surface area contributed by atoms with Gasteiger partial charge >= 0.3 is 6.09 Å². The maximum absolute atomic E-state index is 12.3. The molecule has 43 heavy (non-hydrogen) atoms. The molecule has 3 aromatic rings. The Bertz CT molecular complexity index is 1400. The van der Waals surface area contributed by atoms with Crippen molar-refractivity contribution < 1.29 is 9.53 Å². The van der Waals surface area contributed by atoms with E-state index in [2.05, 4.69) is 67.9 Å². The number of allylic oxidation sites excluding steroid dienone is 2. The summed E-state index contributed by atoms with van der Waals surface area (Å²) in [6.07, 6.45) is 14.0. The number of alkyl carbamates (subject to hydrolysis) is 1. The number of nitrogens with zero attached hydrogens (tertiary/aromatic N) is 5. The number of nitrogens with one attached hydrogen (secondary N) is 3. The van der Waals surface area contributed by atoms with Gasteiger partial charge in [-0.15, -0.1) is 0 Å². The molecule has 230 valence electrons. The largest absolute Gasteiger partial charge is 0.444 e. The molecule has 0 bridgehead atoms. The highest BCUT2D eigenvalue weighted by Crippen LogP contribution is 2.34. The first-order chi connectivity index (χ1) is 20.8. The standard InChI is InChI=1S/C33H46N8O2/c1-33(2,3)43-32(42)37-25-15-13-24(14-16-25)36-31-38-29(28-30(39-31)41(22-35-28)26-11-7-8-12-26)40(27-17-19-34-20-18-27)21-23-9-5-4-6-10-23/h4-7,9-11,22,24-27,34H,8,12-21H2,1-3H3,(H,37,42)(H,36,38,39). The van der Waals surface area contributed by atoms with Gasteiger partial charge in [-0.05, 0) is 90.8 Å². The Morgan fingerprint density at radius 3 is 2.47 bits per heavy atom. The molecule has 3 aliphatic rings. The summed E-state index contributed by atoms with van der Waals surface area (Å²) in [5.41, 5.74) is 2.51. The van der Waals surface area contributed by atoms with Crippen molar-refractivity contribution in [3.05, 3.63) is 54.4 Å². The number of carbonyl (C=O) groups excluding carboxylic acids is 1. The number of anilines is 2. The van der Waals surface area contributed by atoms with E-state index >= 15 is 0 Å². The van der Waals surface area contributed by atoms with Gasteiger partial charge < -0.3 is 30.2 Å². The molecular weight excluding hydrogens is 540 g/mol. The third-order valence-corrected chi connectivity index (χ3v) is 8.75. The van der Waals surface area contributed by atoms with E-state index in [1.54, 1.807) is 0 Å². The zero-order valence-electron chi connectivity index (χ0n) is 25.8. The predicted octanol–water partition coefficient (Wildman–Crippen LogP) is 5.72. The van der Waals surface area contributed by atoms with Crippen molar-refractivity contribution in [2.75, 3.05) is 23.3 Å². The Balaban J connectivity index is 1.27. The molecule has 1 aromatic carbocycles. The van der Waals surface area contributed by atoms with Crippen LogP contribution in [0.15, 0.2) is 48.8 Å². The summed E-state index contributed by atoms with van der Waals surface area (Å²) in [7, 11) is 0. The molecule has 2 fully saturated rings. The molecule has 0 spiro atoms. The van der Waals surface area contributed by atoms with E-state index in [1.165, 1.54) is 5.56 Å². The number of fused-ring (bicyclic) bond motifs is 1. The fourth-order valence-electron chi connectivity index (χ4n) is 6.57. The maximum atomic E-state index is 12.3. The first-order valence-corrected chi connectivity index (χ1v) is 16.0. The maximum Gasteiger partial charge on any atom is 0.407 e. The summed E-state index contributed by atoms with van der Waals surface area (Å²) in [4.78, 5) is 30.0. The van der Waals surface area contributed by atoms with Crippen molar-refractivity contribution in [1.82, 2.24) is 30.2 Å². The smallest absolute Gasteiger partial charge is 0.407 e. The van der Waals surface area contributed by atoms with Gasteiger partial charge in [0.25, 0.3) is 0 Å². The Kier molecular flexibility index (Phi) is 8.83. The van der Waals surface area contributed by atoms with Crippen LogP contribution in [0.1, 0.15) is 83.7 Å². The monoisotopic (exact) mass is 586 g/mol. The minimum absolute atomic E-state index is 0.115. The second-order valence-corrected chi connectivity index (χ2v) is 13.2. The van der Waals surface area contributed by atoms with Gasteiger partial charge in [-0.25, -0.2) is 9.78 Å². The summed E-state index contributed by atoms with van der Waals surface area (Å²) in [5.74, 6) is 1.56. The van der Waals surface area contributed by atoms with Crippen LogP contribution in [0.25, 0.3) is 11.2 Å². The van der Waals surface area contributed by atoms with E-state index in [-0.39, 0.29) is 24.2 Å². The van der Waals surface area contributed by atoms with Crippen LogP contribution in [-0.2, 0) is 11.3 Å². The molecule has 2 aliphatic carbocycles. The summed E-state index contributed by atoms with van der Waals surface area (Å²) in [5, 5.41) is 10.3. The van der Waals surface area contributed by atoms with Gasteiger partial charge in [0.2, 0.25) is 5.95 Å². The van der Waals surface area contributed by atoms with Crippen molar-refractivity contribution in [1.29, 1.82) is 0 Å². The molecule has 0 radical (unpaired) electrons. The van der Waals surface area contributed by atoms with Crippen LogP contribution in [0.2, 0.25) is 0 Å². The molecule has 3 heterocycles. The molecule has 1 atom stereocenters. The van der Waals surface area contributed by atoms with Gasteiger partial charge in [0.1, 0.15) is 5.60 Å². The van der Waals surface area contributed by atoms with Crippen LogP contribution in [0.3, 0.4) is 0 Å². The number of ether oxygens (including phenoxy) is 1. The Hall–Kier alpha value is -3.66. The first-order valence-electron chi connectivity index (χ1n) is 16.0. The molecule has 1 unspecified atom stereocenters. The lowest BCUT2D eigenvalue weighted by molar-refractivity contribution is 0.0492. The minimum atomic E-state index is -0.500. The lowest BCUT2D eigenvalue weighted by Crippen LogP contribution is -2.43.